The van der Waals surface area contributed by atoms with Gasteiger partial charge in [-0.05, 0) is 42.4 Å². The van der Waals surface area contributed by atoms with Crippen molar-refractivity contribution in [1.29, 1.82) is 0 Å². The Morgan fingerprint density at radius 3 is 2.43 bits per heavy atom. The average molecular weight is 309 g/mol. The maximum Gasteiger partial charge on any atom is 0.0426 e. The molecule has 2 rings (SSSR count). The van der Waals surface area contributed by atoms with Crippen molar-refractivity contribution in [2.45, 2.75) is 53.1 Å². The lowest BCUT2D eigenvalue weighted by Crippen LogP contribution is -2.36. The molecule has 3 heteroatoms. The summed E-state index contributed by atoms with van der Waals surface area (Å²) in [5.41, 5.74) is 2.67. The van der Waals surface area contributed by atoms with Gasteiger partial charge in [-0.15, -0.1) is 0 Å². The second-order valence-corrected chi connectivity index (χ2v) is 7.31. The van der Waals surface area contributed by atoms with Crippen molar-refractivity contribution in [3.63, 3.8) is 0 Å². The summed E-state index contributed by atoms with van der Waals surface area (Å²) < 4.78 is 0. The number of nitrogens with zero attached hydrogens (tertiary/aromatic N) is 1. The summed E-state index contributed by atoms with van der Waals surface area (Å²) >= 11 is 6.23. The van der Waals surface area contributed by atoms with Crippen LogP contribution in [-0.2, 0) is 6.54 Å². The Morgan fingerprint density at radius 1 is 1.19 bits per heavy atom. The van der Waals surface area contributed by atoms with E-state index in [1.54, 1.807) is 0 Å². The van der Waals surface area contributed by atoms with Gasteiger partial charge < -0.3 is 10.2 Å². The fraction of sp³-hybridized carbons (Fsp3) is 0.667. The SMILES string of the molecule is CC(C)NCc1ccc(Cl)cc1N1CCC(C(C)C)CC1. The van der Waals surface area contributed by atoms with Gasteiger partial charge in [-0.2, -0.15) is 0 Å². The molecule has 0 unspecified atom stereocenters. The Bertz CT molecular complexity index is 449. The van der Waals surface area contributed by atoms with E-state index in [1.807, 2.05) is 6.07 Å². The first kappa shape index (κ1) is 16.6. The first-order valence-corrected chi connectivity index (χ1v) is 8.62. The highest BCUT2D eigenvalue weighted by atomic mass is 35.5. The van der Waals surface area contributed by atoms with Crippen LogP contribution >= 0.6 is 11.6 Å². The molecule has 0 radical (unpaired) electrons. The first-order valence-electron chi connectivity index (χ1n) is 8.24. The summed E-state index contributed by atoms with van der Waals surface area (Å²) in [4.78, 5) is 2.52. The van der Waals surface area contributed by atoms with E-state index in [0.717, 1.165) is 36.5 Å². The van der Waals surface area contributed by atoms with Crippen LogP contribution in [0.25, 0.3) is 0 Å². The molecule has 1 aliphatic rings. The van der Waals surface area contributed by atoms with Gasteiger partial charge >= 0.3 is 0 Å². The van der Waals surface area contributed by atoms with Gasteiger partial charge in [0.15, 0.2) is 0 Å². The van der Waals surface area contributed by atoms with E-state index in [4.69, 9.17) is 11.6 Å². The summed E-state index contributed by atoms with van der Waals surface area (Å²) in [6.45, 7) is 12.3. The monoisotopic (exact) mass is 308 g/mol. The number of rotatable bonds is 5. The molecule has 0 atom stereocenters. The number of anilines is 1. The first-order chi connectivity index (χ1) is 9.97. The third-order valence-corrected chi connectivity index (χ3v) is 4.81. The maximum absolute atomic E-state index is 6.23. The third kappa shape index (κ3) is 4.62. The minimum absolute atomic E-state index is 0.500. The minimum atomic E-state index is 0.500. The molecule has 1 fully saturated rings. The number of hydrogen-bond donors (Lipinski definition) is 1. The van der Waals surface area contributed by atoms with E-state index < -0.39 is 0 Å². The average Bonchev–Trinajstić information content (AvgIpc) is 2.46. The van der Waals surface area contributed by atoms with Crippen LogP contribution in [0.1, 0.15) is 46.1 Å². The van der Waals surface area contributed by atoms with E-state index in [2.05, 4.69) is 50.0 Å². The quantitative estimate of drug-likeness (QED) is 0.847. The minimum Gasteiger partial charge on any atom is -0.371 e. The van der Waals surface area contributed by atoms with Crippen molar-refractivity contribution in [2.24, 2.45) is 11.8 Å². The summed E-state index contributed by atoms with van der Waals surface area (Å²) in [6, 6.07) is 6.81. The highest BCUT2D eigenvalue weighted by Gasteiger charge is 2.23. The van der Waals surface area contributed by atoms with Crippen LogP contribution in [0.3, 0.4) is 0 Å². The van der Waals surface area contributed by atoms with Crippen molar-refractivity contribution in [1.82, 2.24) is 5.32 Å². The second-order valence-electron chi connectivity index (χ2n) is 6.88. The highest BCUT2D eigenvalue weighted by Crippen LogP contribution is 2.31. The molecule has 0 amide bonds. The number of halogens is 1. The Balaban J connectivity index is 2.09. The van der Waals surface area contributed by atoms with Crippen molar-refractivity contribution >= 4 is 17.3 Å². The number of piperidine rings is 1. The van der Waals surface area contributed by atoms with Gasteiger partial charge in [0.2, 0.25) is 0 Å². The molecule has 0 aliphatic carbocycles. The summed E-state index contributed by atoms with van der Waals surface area (Å²) in [6.07, 6.45) is 2.59. The molecule has 0 saturated carbocycles. The molecular weight excluding hydrogens is 280 g/mol. The molecule has 118 valence electrons. The van der Waals surface area contributed by atoms with Crippen molar-refractivity contribution in [3.8, 4) is 0 Å². The van der Waals surface area contributed by atoms with E-state index in [0.29, 0.717) is 6.04 Å². The zero-order valence-electron chi connectivity index (χ0n) is 13.8. The highest BCUT2D eigenvalue weighted by molar-refractivity contribution is 6.30. The van der Waals surface area contributed by atoms with Gasteiger partial charge in [-0.1, -0.05) is 45.4 Å². The largest absolute Gasteiger partial charge is 0.371 e. The molecule has 1 aliphatic heterocycles. The van der Waals surface area contributed by atoms with Gasteiger partial charge in [-0.3, -0.25) is 0 Å². The fourth-order valence-corrected chi connectivity index (χ4v) is 3.27. The third-order valence-electron chi connectivity index (χ3n) is 4.57. The number of benzene rings is 1. The molecule has 1 N–H and O–H groups in total. The van der Waals surface area contributed by atoms with Crippen LogP contribution in [0.4, 0.5) is 5.69 Å². The van der Waals surface area contributed by atoms with E-state index in [-0.39, 0.29) is 0 Å². The van der Waals surface area contributed by atoms with Crippen LogP contribution in [0, 0.1) is 11.8 Å². The lowest BCUT2D eigenvalue weighted by Gasteiger charge is -2.36. The Morgan fingerprint density at radius 2 is 1.86 bits per heavy atom. The Hall–Kier alpha value is -0.730. The molecule has 1 aromatic rings. The Kier molecular flexibility index (Phi) is 5.95. The van der Waals surface area contributed by atoms with E-state index >= 15 is 0 Å². The number of hydrogen-bond acceptors (Lipinski definition) is 2. The summed E-state index contributed by atoms with van der Waals surface area (Å²) in [7, 11) is 0. The predicted octanol–water partition coefficient (Wildman–Crippen LogP) is 4.71. The predicted molar refractivity (Wildman–Crippen MR) is 93.2 cm³/mol. The van der Waals surface area contributed by atoms with E-state index in [9.17, 15) is 0 Å². The molecule has 21 heavy (non-hydrogen) atoms. The molecule has 1 heterocycles. The van der Waals surface area contributed by atoms with Crippen LogP contribution < -0.4 is 10.2 Å². The normalized spacial score (nSPS) is 17.0. The molecule has 0 bridgehead atoms. The standard InChI is InChI=1S/C18H29ClN2/c1-13(2)15-7-9-21(10-8-15)18-11-17(19)6-5-16(18)12-20-14(3)4/h5-6,11,13-15,20H,7-10,12H2,1-4H3. The molecule has 1 saturated heterocycles. The van der Waals surface area contributed by atoms with Gasteiger partial charge in [-0.25, -0.2) is 0 Å². The van der Waals surface area contributed by atoms with Gasteiger partial charge in [0.25, 0.3) is 0 Å². The lowest BCUT2D eigenvalue weighted by molar-refractivity contribution is 0.311. The van der Waals surface area contributed by atoms with Crippen LogP contribution in [0.15, 0.2) is 18.2 Å². The van der Waals surface area contributed by atoms with E-state index in [1.165, 1.54) is 24.1 Å². The maximum atomic E-state index is 6.23. The number of nitrogens with one attached hydrogen (secondary N) is 1. The van der Waals surface area contributed by atoms with Gasteiger partial charge in [0.1, 0.15) is 0 Å². The summed E-state index contributed by atoms with van der Waals surface area (Å²) in [5.74, 6) is 1.67. The van der Waals surface area contributed by atoms with Gasteiger partial charge in [0.05, 0.1) is 0 Å². The fourth-order valence-electron chi connectivity index (χ4n) is 3.10. The van der Waals surface area contributed by atoms with Crippen LogP contribution in [0.5, 0.6) is 0 Å². The smallest absolute Gasteiger partial charge is 0.0426 e. The second kappa shape index (κ2) is 7.51. The van der Waals surface area contributed by atoms with Crippen molar-refractivity contribution < 1.29 is 0 Å². The molecular formula is C18H29ClN2. The molecule has 0 spiro atoms. The van der Waals surface area contributed by atoms with Crippen molar-refractivity contribution in [2.75, 3.05) is 18.0 Å². The topological polar surface area (TPSA) is 15.3 Å². The molecule has 0 aromatic heterocycles. The van der Waals surface area contributed by atoms with Gasteiger partial charge in [0, 0.05) is 36.4 Å². The van der Waals surface area contributed by atoms with Crippen molar-refractivity contribution in [3.05, 3.63) is 28.8 Å². The van der Waals surface area contributed by atoms with Crippen LogP contribution in [-0.4, -0.2) is 19.1 Å². The molecule has 2 nitrogen and oxygen atoms in total. The molecule has 1 aromatic carbocycles. The zero-order valence-corrected chi connectivity index (χ0v) is 14.6. The van der Waals surface area contributed by atoms with Crippen LogP contribution in [0.2, 0.25) is 5.02 Å². The summed E-state index contributed by atoms with van der Waals surface area (Å²) in [5, 5.41) is 4.36. The Labute approximate surface area is 134 Å². The zero-order chi connectivity index (χ0) is 15.4. The lowest BCUT2D eigenvalue weighted by atomic mass is 9.86.